The molecule has 0 spiro atoms. The molecule has 5 heteroatoms. The smallest absolute Gasteiger partial charge is 0.423 e. The number of fused-ring (bicyclic) bond motifs is 2. The zero-order chi connectivity index (χ0) is 45.1. The Morgan fingerprint density at radius 2 is 0.641 bits per heavy atom. The molecule has 0 radical (unpaired) electrons. The van der Waals surface area contributed by atoms with Crippen LogP contribution in [0.5, 0.6) is 0 Å². The molecular weight excluding hydrogens is 798 g/mol. The molecule has 4 aromatic carbocycles. The fourth-order valence-electron chi connectivity index (χ4n) is 10.4. The average Bonchev–Trinajstić information content (AvgIpc) is 3.31. The van der Waals surface area contributed by atoms with Gasteiger partial charge in [0.15, 0.2) is 0 Å². The topological polar surface area (TPSA) is 43.7 Å². The van der Waals surface area contributed by atoms with Crippen LogP contribution in [0, 0.1) is 0 Å². The zero-order valence-electron chi connectivity index (χ0n) is 41.2. The van der Waals surface area contributed by atoms with Gasteiger partial charge in [-0.3, -0.25) is 4.90 Å². The third-order valence-electron chi connectivity index (χ3n) is 14.2. The van der Waals surface area contributed by atoms with Gasteiger partial charge in [0, 0.05) is 13.1 Å². The Labute approximate surface area is 399 Å². The summed E-state index contributed by atoms with van der Waals surface area (Å²) in [6.45, 7) is 1.44. The molecule has 2 N–H and O–H groups in total. The summed E-state index contributed by atoms with van der Waals surface area (Å²) in [6.07, 6.45) is 49.8. The van der Waals surface area contributed by atoms with Crippen LogP contribution in [0.3, 0.4) is 0 Å². The van der Waals surface area contributed by atoms with E-state index in [0.29, 0.717) is 12.0 Å². The van der Waals surface area contributed by atoms with E-state index in [1.807, 2.05) is 18.2 Å². The van der Waals surface area contributed by atoms with Gasteiger partial charge in [0.2, 0.25) is 0 Å². The number of hydrogen-bond acceptors (Lipinski definition) is 4. The minimum Gasteiger partial charge on any atom is -0.423 e. The van der Waals surface area contributed by atoms with Crippen LogP contribution >= 0.6 is 12.6 Å². The van der Waals surface area contributed by atoms with Gasteiger partial charge in [-0.25, -0.2) is 0 Å². The molecule has 0 aliphatic heterocycles. The number of thiol groups is 1. The summed E-state index contributed by atoms with van der Waals surface area (Å²) in [7, 11) is 0.667. The lowest BCUT2D eigenvalue weighted by atomic mass is 9.77. The number of rotatable bonds is 41. The van der Waals surface area contributed by atoms with E-state index in [4.69, 9.17) is 0 Å². The molecule has 0 saturated carbocycles. The highest BCUT2D eigenvalue weighted by Gasteiger charge is 2.18. The van der Waals surface area contributed by atoms with Gasteiger partial charge in [-0.05, 0) is 75.8 Å². The lowest BCUT2D eigenvalue weighted by Gasteiger charge is -2.23. The first kappa shape index (κ1) is 54.3. The molecule has 0 amide bonds. The zero-order valence-corrected chi connectivity index (χ0v) is 42.1. The van der Waals surface area contributed by atoms with Gasteiger partial charge in [-0.15, -0.1) is 0 Å². The SMILES string of the molecule is CN(Cc1ccccc1B(O)O)Cc1c2ccccc2c(CCCCCCCCCCCCCCCCCCCCCCCCCCCCCCCCCCCCS)c2ccccc12. The number of unbranched alkanes of at least 4 members (excludes halogenated alkanes) is 33. The summed E-state index contributed by atoms with van der Waals surface area (Å²) in [5.74, 6) is 1.06. The van der Waals surface area contributed by atoms with Crippen molar-refractivity contribution in [3.05, 3.63) is 89.5 Å². The second-order valence-electron chi connectivity index (χ2n) is 19.8. The van der Waals surface area contributed by atoms with Crippen molar-refractivity contribution in [1.82, 2.24) is 4.90 Å². The van der Waals surface area contributed by atoms with Gasteiger partial charge in [-0.2, -0.15) is 12.6 Å². The van der Waals surface area contributed by atoms with Gasteiger partial charge < -0.3 is 10.0 Å². The van der Waals surface area contributed by atoms with Gasteiger partial charge in [0.05, 0.1) is 0 Å². The Hall–Kier alpha value is -2.31. The second-order valence-corrected chi connectivity index (χ2v) is 20.2. The van der Waals surface area contributed by atoms with Crippen LogP contribution < -0.4 is 5.46 Å². The molecule has 0 bridgehead atoms. The largest absolute Gasteiger partial charge is 0.488 e. The van der Waals surface area contributed by atoms with Crippen LogP contribution in [0.25, 0.3) is 21.5 Å². The molecule has 0 unspecified atom stereocenters. The third-order valence-corrected chi connectivity index (χ3v) is 14.5. The molecule has 0 aliphatic carbocycles. The second kappa shape index (κ2) is 35.8. The predicted molar refractivity (Wildman–Crippen MR) is 287 cm³/mol. The molecule has 4 rings (SSSR count). The standard InChI is InChI=1S/C59H94BNO2S/c1-61(50-52-42-35-40-48-59(52)60(62)63)51-58-56-46-38-36-44-54(56)53(55-45-37-39-47-57(55)58)43-34-32-30-28-26-24-22-20-18-16-14-12-10-8-6-4-2-3-5-7-9-11-13-15-17-19-21-23-25-27-29-31-33-41-49-64/h35-40,42,44-48,62-64H,2-34,41,43,49-51H2,1H3. The average molecular weight is 892 g/mol. The lowest BCUT2D eigenvalue weighted by Crippen LogP contribution is -2.35. The minimum absolute atomic E-state index is 0.579. The molecule has 3 nitrogen and oxygen atoms in total. The van der Waals surface area contributed by atoms with E-state index >= 15 is 0 Å². The van der Waals surface area contributed by atoms with Gasteiger partial charge >= 0.3 is 7.12 Å². The van der Waals surface area contributed by atoms with Crippen LogP contribution in [-0.2, 0) is 19.5 Å². The number of benzene rings is 4. The van der Waals surface area contributed by atoms with Crippen LogP contribution in [0.4, 0.5) is 0 Å². The summed E-state index contributed by atoms with van der Waals surface area (Å²) < 4.78 is 0. The van der Waals surface area contributed by atoms with Crippen LogP contribution in [-0.4, -0.2) is 34.9 Å². The van der Waals surface area contributed by atoms with Crippen molar-refractivity contribution in [2.45, 2.75) is 238 Å². The first-order valence-electron chi connectivity index (χ1n) is 27.2. The maximum atomic E-state index is 9.93. The molecular formula is C59H94BNO2S. The van der Waals surface area contributed by atoms with Crippen molar-refractivity contribution in [1.29, 1.82) is 0 Å². The number of nitrogens with zero attached hydrogens (tertiary/aromatic N) is 1. The van der Waals surface area contributed by atoms with E-state index < -0.39 is 7.12 Å². The predicted octanol–water partition coefficient (Wildman–Crippen LogP) is 17.0. The number of aryl methyl sites for hydroxylation is 1. The fourth-order valence-corrected chi connectivity index (χ4v) is 10.6. The molecule has 0 fully saturated rings. The molecule has 356 valence electrons. The van der Waals surface area contributed by atoms with Crippen molar-refractivity contribution in [3.63, 3.8) is 0 Å². The first-order chi connectivity index (χ1) is 31.6. The van der Waals surface area contributed by atoms with Crippen molar-refractivity contribution < 1.29 is 10.0 Å². The van der Waals surface area contributed by atoms with Crippen LogP contribution in [0.1, 0.15) is 235 Å². The normalized spacial score (nSPS) is 11.8. The lowest BCUT2D eigenvalue weighted by molar-refractivity contribution is 0.321. The Morgan fingerprint density at radius 3 is 0.969 bits per heavy atom. The van der Waals surface area contributed by atoms with Crippen molar-refractivity contribution in [2.75, 3.05) is 12.8 Å². The molecule has 0 atom stereocenters. The van der Waals surface area contributed by atoms with Gasteiger partial charge in [-0.1, -0.05) is 278 Å². The highest BCUT2D eigenvalue weighted by atomic mass is 32.1. The van der Waals surface area contributed by atoms with Crippen molar-refractivity contribution in [3.8, 4) is 0 Å². The summed E-state index contributed by atoms with van der Waals surface area (Å²) in [4.78, 5) is 2.29. The quantitative estimate of drug-likeness (QED) is 0.0180. The van der Waals surface area contributed by atoms with E-state index in [9.17, 15) is 10.0 Å². The van der Waals surface area contributed by atoms with E-state index in [0.717, 1.165) is 24.3 Å². The Balaban J connectivity index is 0.930. The highest BCUT2D eigenvalue weighted by molar-refractivity contribution is 7.80. The third kappa shape index (κ3) is 22.5. The van der Waals surface area contributed by atoms with Crippen molar-refractivity contribution >= 4 is 46.8 Å². The maximum absolute atomic E-state index is 9.93. The van der Waals surface area contributed by atoms with Gasteiger partial charge in [0.25, 0.3) is 0 Å². The highest BCUT2D eigenvalue weighted by Crippen LogP contribution is 2.35. The maximum Gasteiger partial charge on any atom is 0.488 e. The summed E-state index contributed by atoms with van der Waals surface area (Å²) in [5.41, 5.74) is 4.38. The molecule has 64 heavy (non-hydrogen) atoms. The van der Waals surface area contributed by atoms with Crippen molar-refractivity contribution in [2.24, 2.45) is 0 Å². The summed E-state index contributed by atoms with van der Waals surface area (Å²) in [5, 5.41) is 25.3. The molecule has 0 aliphatic rings. The Kier molecular flexibility index (Phi) is 30.4. The van der Waals surface area contributed by atoms with Crippen LogP contribution in [0.15, 0.2) is 72.8 Å². The molecule has 0 saturated heterocycles. The minimum atomic E-state index is -1.46. The van der Waals surface area contributed by atoms with Crippen LogP contribution in [0.2, 0.25) is 0 Å². The fraction of sp³-hybridized carbons (Fsp3) is 0.661. The summed E-state index contributed by atoms with van der Waals surface area (Å²) in [6, 6.07) is 25.6. The summed E-state index contributed by atoms with van der Waals surface area (Å²) >= 11 is 4.30. The van der Waals surface area contributed by atoms with E-state index in [1.165, 1.54) is 251 Å². The van der Waals surface area contributed by atoms with E-state index in [1.54, 1.807) is 6.07 Å². The molecule has 4 aromatic rings. The van der Waals surface area contributed by atoms with E-state index in [2.05, 4.69) is 73.1 Å². The van der Waals surface area contributed by atoms with Gasteiger partial charge in [0.1, 0.15) is 0 Å². The first-order valence-corrected chi connectivity index (χ1v) is 27.9. The monoisotopic (exact) mass is 892 g/mol. The molecule has 0 aromatic heterocycles. The Bertz CT molecular complexity index is 1690. The van der Waals surface area contributed by atoms with E-state index in [-0.39, 0.29) is 0 Å². The Morgan fingerprint density at radius 1 is 0.359 bits per heavy atom. The molecule has 0 heterocycles. The number of hydrogen-bond donors (Lipinski definition) is 3.